The van der Waals surface area contributed by atoms with Gasteiger partial charge >= 0.3 is 0 Å². The van der Waals surface area contributed by atoms with E-state index in [4.69, 9.17) is 5.73 Å². The van der Waals surface area contributed by atoms with Gasteiger partial charge in [0.1, 0.15) is 0 Å². The quantitative estimate of drug-likeness (QED) is 0.619. The fourth-order valence-electron chi connectivity index (χ4n) is 1.25. The molecule has 1 aromatic carbocycles. The zero-order valence-corrected chi connectivity index (χ0v) is 9.82. The Balaban J connectivity index is 3.06. The number of hydrogen-bond acceptors (Lipinski definition) is 3. The molecule has 0 aliphatic heterocycles. The first-order valence-electron chi connectivity index (χ1n) is 5.06. The fraction of sp³-hybridized carbons (Fsp3) is 0.231. The summed E-state index contributed by atoms with van der Waals surface area (Å²) in [4.78, 5) is 15.2. The molecule has 0 aliphatic carbocycles. The van der Waals surface area contributed by atoms with E-state index in [-0.39, 0.29) is 11.5 Å². The molecule has 0 aromatic heterocycles. The van der Waals surface area contributed by atoms with E-state index in [0.29, 0.717) is 5.71 Å². The first kappa shape index (κ1) is 12.2. The summed E-state index contributed by atoms with van der Waals surface area (Å²) in [5.41, 5.74) is 8.67. The third-order valence-corrected chi connectivity index (χ3v) is 2.29. The average Bonchev–Trinajstić information content (AvgIpc) is 2.26. The normalized spacial score (nSPS) is 12.7. The molecule has 0 unspecified atom stereocenters. The Kier molecular flexibility index (Phi) is 4.00. The van der Waals surface area contributed by atoms with Crippen LogP contribution >= 0.6 is 0 Å². The van der Waals surface area contributed by atoms with Crippen LogP contribution in [0.2, 0.25) is 0 Å². The highest BCUT2D eigenvalue weighted by atomic mass is 16.1. The third kappa shape index (κ3) is 3.05. The zero-order chi connectivity index (χ0) is 12.1. The predicted octanol–water partition coefficient (Wildman–Crippen LogP) is 1.85. The molecule has 0 saturated carbocycles. The number of aliphatic imine (C=N–C) groups is 1. The molecule has 0 spiro atoms. The number of hydrogen-bond donors (Lipinski definition) is 1. The largest absolute Gasteiger partial charge is 0.396 e. The number of ketones is 1. The molecule has 0 fully saturated rings. The summed E-state index contributed by atoms with van der Waals surface area (Å²) in [5.74, 6) is -0.145. The molecule has 1 aromatic rings. The summed E-state index contributed by atoms with van der Waals surface area (Å²) < 4.78 is 0. The Morgan fingerprint density at radius 3 is 2.31 bits per heavy atom. The van der Waals surface area contributed by atoms with Gasteiger partial charge in [0.2, 0.25) is 0 Å². The van der Waals surface area contributed by atoms with Crippen LogP contribution in [0.15, 0.2) is 41.0 Å². The van der Waals surface area contributed by atoms with Crippen LogP contribution in [0.3, 0.4) is 0 Å². The lowest BCUT2D eigenvalue weighted by atomic mass is 10.1. The first-order chi connectivity index (χ1) is 7.54. The maximum absolute atomic E-state index is 11.0. The molecule has 16 heavy (non-hydrogen) atoms. The molecular weight excluding hydrogens is 200 g/mol. The maximum Gasteiger partial charge on any atom is 0.175 e. The van der Waals surface area contributed by atoms with E-state index in [2.05, 4.69) is 4.99 Å². The van der Waals surface area contributed by atoms with Crippen LogP contribution in [0, 0.1) is 6.92 Å². The van der Waals surface area contributed by atoms with E-state index >= 15 is 0 Å². The lowest BCUT2D eigenvalue weighted by Crippen LogP contribution is -2.10. The molecule has 0 atom stereocenters. The van der Waals surface area contributed by atoms with Gasteiger partial charge < -0.3 is 5.73 Å². The van der Waals surface area contributed by atoms with Crippen molar-refractivity contribution >= 4 is 11.5 Å². The lowest BCUT2D eigenvalue weighted by Gasteiger charge is -2.02. The predicted molar refractivity (Wildman–Crippen MR) is 66.6 cm³/mol. The lowest BCUT2D eigenvalue weighted by molar-refractivity contribution is -0.113. The average molecular weight is 216 g/mol. The van der Waals surface area contributed by atoms with E-state index in [1.807, 2.05) is 31.2 Å². The van der Waals surface area contributed by atoms with Crippen LogP contribution in [0.1, 0.15) is 18.1 Å². The number of Topliss-reactive ketones (excluding diaryl/α,β-unsaturated/α-hetero) is 1. The smallest absolute Gasteiger partial charge is 0.175 e. The number of benzene rings is 1. The maximum atomic E-state index is 11.0. The Hall–Kier alpha value is -1.90. The molecule has 3 heteroatoms. The standard InChI is InChI=1S/C13H16N2O/c1-9-4-6-11(7-5-9)13(15-3)8-12(14)10(2)16/h4-8H,14H2,1-3H3/b12-8-,15-13+. The van der Waals surface area contributed by atoms with E-state index in [1.165, 1.54) is 12.5 Å². The van der Waals surface area contributed by atoms with Crippen LogP contribution in [0.5, 0.6) is 0 Å². The summed E-state index contributed by atoms with van der Waals surface area (Å²) in [5, 5.41) is 0. The van der Waals surface area contributed by atoms with Gasteiger partial charge in [-0.2, -0.15) is 0 Å². The summed E-state index contributed by atoms with van der Waals surface area (Å²) >= 11 is 0. The Morgan fingerprint density at radius 2 is 1.88 bits per heavy atom. The molecule has 0 amide bonds. The molecule has 3 nitrogen and oxygen atoms in total. The Bertz CT molecular complexity index is 442. The summed E-state index contributed by atoms with van der Waals surface area (Å²) in [6.45, 7) is 3.46. The summed E-state index contributed by atoms with van der Waals surface area (Å²) in [6.07, 6.45) is 1.60. The van der Waals surface area contributed by atoms with Crippen molar-refractivity contribution in [1.82, 2.24) is 0 Å². The number of rotatable bonds is 3. The highest BCUT2D eigenvalue weighted by molar-refractivity contribution is 6.12. The fourth-order valence-corrected chi connectivity index (χ4v) is 1.25. The van der Waals surface area contributed by atoms with E-state index < -0.39 is 0 Å². The Morgan fingerprint density at radius 1 is 1.31 bits per heavy atom. The number of nitrogens with zero attached hydrogens (tertiary/aromatic N) is 1. The van der Waals surface area contributed by atoms with Crippen molar-refractivity contribution in [2.75, 3.05) is 7.05 Å². The molecule has 0 bridgehead atoms. The van der Waals surface area contributed by atoms with Gasteiger partial charge in [-0.15, -0.1) is 0 Å². The van der Waals surface area contributed by atoms with Gasteiger partial charge in [0.25, 0.3) is 0 Å². The highest BCUT2D eigenvalue weighted by Gasteiger charge is 2.03. The molecule has 0 aliphatic rings. The highest BCUT2D eigenvalue weighted by Crippen LogP contribution is 2.06. The second-order valence-corrected chi connectivity index (χ2v) is 3.63. The van der Waals surface area contributed by atoms with Crippen LogP contribution in [0.4, 0.5) is 0 Å². The summed E-state index contributed by atoms with van der Waals surface area (Å²) in [7, 11) is 1.68. The van der Waals surface area contributed by atoms with Crippen LogP contribution in [-0.2, 0) is 4.79 Å². The van der Waals surface area contributed by atoms with Crippen molar-refractivity contribution in [2.45, 2.75) is 13.8 Å². The molecule has 0 radical (unpaired) electrons. The van der Waals surface area contributed by atoms with Gasteiger partial charge in [-0.25, -0.2) is 0 Å². The third-order valence-electron chi connectivity index (χ3n) is 2.29. The van der Waals surface area contributed by atoms with Crippen molar-refractivity contribution in [3.63, 3.8) is 0 Å². The monoisotopic (exact) mass is 216 g/mol. The van der Waals surface area contributed by atoms with Crippen LogP contribution in [-0.4, -0.2) is 18.5 Å². The molecule has 0 saturated heterocycles. The zero-order valence-electron chi connectivity index (χ0n) is 9.82. The topological polar surface area (TPSA) is 55.4 Å². The van der Waals surface area contributed by atoms with E-state index in [9.17, 15) is 4.79 Å². The minimum atomic E-state index is -0.145. The van der Waals surface area contributed by atoms with Gasteiger partial charge in [-0.3, -0.25) is 9.79 Å². The van der Waals surface area contributed by atoms with Crippen molar-refractivity contribution in [3.05, 3.63) is 47.2 Å². The van der Waals surface area contributed by atoms with E-state index in [1.54, 1.807) is 13.1 Å². The van der Waals surface area contributed by atoms with E-state index in [0.717, 1.165) is 5.56 Å². The molecule has 2 N–H and O–H groups in total. The second-order valence-electron chi connectivity index (χ2n) is 3.63. The van der Waals surface area contributed by atoms with Crippen molar-refractivity contribution in [1.29, 1.82) is 0 Å². The number of nitrogens with two attached hydrogens (primary N) is 1. The SMILES string of the molecule is C/N=C(\C=C(/N)C(C)=O)c1ccc(C)cc1. The van der Waals surface area contributed by atoms with Gasteiger partial charge in [0, 0.05) is 14.0 Å². The van der Waals surface area contributed by atoms with Gasteiger partial charge in [-0.1, -0.05) is 29.8 Å². The van der Waals surface area contributed by atoms with Crippen molar-refractivity contribution in [3.8, 4) is 0 Å². The molecule has 1 rings (SSSR count). The number of carbonyl (C=O) groups is 1. The molecule has 0 heterocycles. The van der Waals surface area contributed by atoms with Crippen LogP contribution < -0.4 is 5.73 Å². The summed E-state index contributed by atoms with van der Waals surface area (Å²) in [6, 6.07) is 7.92. The van der Waals surface area contributed by atoms with Crippen molar-refractivity contribution in [2.24, 2.45) is 10.7 Å². The Labute approximate surface area is 95.7 Å². The van der Waals surface area contributed by atoms with Gasteiger partial charge in [0.05, 0.1) is 11.4 Å². The second kappa shape index (κ2) is 5.26. The van der Waals surface area contributed by atoms with Crippen LogP contribution in [0.25, 0.3) is 0 Å². The number of aryl methyl sites for hydroxylation is 1. The van der Waals surface area contributed by atoms with Gasteiger partial charge in [-0.05, 0) is 18.6 Å². The number of carbonyl (C=O) groups excluding carboxylic acids is 1. The minimum Gasteiger partial charge on any atom is -0.396 e. The minimum absolute atomic E-state index is 0.145. The first-order valence-corrected chi connectivity index (χ1v) is 5.06. The van der Waals surface area contributed by atoms with Crippen molar-refractivity contribution < 1.29 is 4.79 Å². The molecule has 84 valence electrons. The number of allylic oxidation sites excluding steroid dienone is 2. The van der Waals surface area contributed by atoms with Gasteiger partial charge in [0.15, 0.2) is 5.78 Å². The molecular formula is C13H16N2O.